The lowest BCUT2D eigenvalue weighted by atomic mass is 9.72. The summed E-state index contributed by atoms with van der Waals surface area (Å²) in [7, 11) is 1.47. The number of phenolic OH excluding ortho intramolecular Hbond substituents is 1. The topological polar surface area (TPSA) is 82.3 Å². The first kappa shape index (κ1) is 20.2. The minimum absolute atomic E-state index is 0.0114. The van der Waals surface area contributed by atoms with Crippen LogP contribution in [0.5, 0.6) is 11.5 Å². The van der Waals surface area contributed by atoms with E-state index in [4.69, 9.17) is 4.74 Å². The number of nitrogens with one attached hydrogen (secondary N) is 1. The number of ether oxygens (including phenoxy) is 1. The van der Waals surface area contributed by atoms with Gasteiger partial charge in [-0.1, -0.05) is 30.3 Å². The minimum atomic E-state index is -0.499. The summed E-state index contributed by atoms with van der Waals surface area (Å²) in [6.07, 6.45) is 1.10. The van der Waals surface area contributed by atoms with E-state index in [1.54, 1.807) is 12.1 Å². The highest BCUT2D eigenvalue weighted by Crippen LogP contribution is 2.47. The molecule has 6 heteroatoms. The number of Topliss-reactive ketones (excluding diaryl/α,β-unsaturated/α-hetero) is 1. The second kappa shape index (κ2) is 8.00. The molecular weight excluding hydrogens is 444 g/mol. The van der Waals surface area contributed by atoms with Crippen LogP contribution in [0, 0.1) is 11.3 Å². The molecule has 0 bridgehead atoms. The molecule has 4 rings (SSSR count). The molecule has 0 fully saturated rings. The Labute approximate surface area is 183 Å². The zero-order valence-electron chi connectivity index (χ0n) is 16.7. The maximum absolute atomic E-state index is 13.3. The van der Waals surface area contributed by atoms with E-state index >= 15 is 0 Å². The van der Waals surface area contributed by atoms with Gasteiger partial charge in [-0.15, -0.1) is 0 Å². The van der Waals surface area contributed by atoms with Gasteiger partial charge in [0.1, 0.15) is 0 Å². The molecule has 2 N–H and O–H groups in total. The number of aromatic hydroxyl groups is 1. The van der Waals surface area contributed by atoms with Crippen LogP contribution in [-0.2, 0) is 4.79 Å². The van der Waals surface area contributed by atoms with E-state index in [1.165, 1.54) is 7.11 Å². The monoisotopic (exact) mass is 464 g/mol. The first-order valence-corrected chi connectivity index (χ1v) is 10.5. The number of rotatable bonds is 3. The average Bonchev–Trinajstić information content (AvgIpc) is 2.75. The Balaban J connectivity index is 1.84. The Bertz CT molecular complexity index is 1130. The summed E-state index contributed by atoms with van der Waals surface area (Å²) in [6.45, 7) is 1.86. The van der Waals surface area contributed by atoms with Crippen molar-refractivity contribution in [2.24, 2.45) is 0 Å². The van der Waals surface area contributed by atoms with Crippen LogP contribution < -0.4 is 10.1 Å². The molecule has 2 aliphatic rings. The number of phenols is 1. The molecule has 0 aromatic heterocycles. The number of nitriles is 1. The molecule has 0 radical (unpaired) electrons. The largest absolute Gasteiger partial charge is 0.503 e. The number of methoxy groups -OCH3 is 1. The van der Waals surface area contributed by atoms with Gasteiger partial charge in [-0.2, -0.15) is 5.26 Å². The zero-order valence-corrected chi connectivity index (χ0v) is 18.3. The van der Waals surface area contributed by atoms with Crippen LogP contribution in [0.1, 0.15) is 42.7 Å². The van der Waals surface area contributed by atoms with E-state index in [-0.39, 0.29) is 17.5 Å². The lowest BCUT2D eigenvalue weighted by Crippen LogP contribution is -2.33. The second-order valence-corrected chi connectivity index (χ2v) is 8.45. The fourth-order valence-electron chi connectivity index (χ4n) is 4.40. The van der Waals surface area contributed by atoms with E-state index in [0.29, 0.717) is 34.2 Å². The van der Waals surface area contributed by atoms with Crippen molar-refractivity contribution in [3.8, 4) is 17.6 Å². The molecular formula is C24H21BrN2O3. The van der Waals surface area contributed by atoms with Crippen LogP contribution in [-0.4, -0.2) is 18.0 Å². The molecule has 5 nitrogen and oxygen atoms in total. The van der Waals surface area contributed by atoms with Gasteiger partial charge in [-0.25, -0.2) is 0 Å². The van der Waals surface area contributed by atoms with E-state index in [2.05, 4.69) is 39.4 Å². The molecule has 30 heavy (non-hydrogen) atoms. The Morgan fingerprint density at radius 1 is 1.20 bits per heavy atom. The van der Waals surface area contributed by atoms with Gasteiger partial charge in [0, 0.05) is 23.4 Å². The molecule has 1 aliphatic heterocycles. The fraction of sp³-hybridized carbons (Fsp3) is 0.250. The number of carbonyl (C=O) groups is 1. The summed E-state index contributed by atoms with van der Waals surface area (Å²) < 4.78 is 5.75. The molecule has 0 saturated carbocycles. The quantitative estimate of drug-likeness (QED) is 0.663. The Hall–Kier alpha value is -3.04. The highest BCUT2D eigenvalue weighted by Gasteiger charge is 2.39. The van der Waals surface area contributed by atoms with E-state index < -0.39 is 5.92 Å². The number of allylic oxidation sites excluding steroid dienone is 4. The lowest BCUT2D eigenvalue weighted by molar-refractivity contribution is -0.116. The third kappa shape index (κ3) is 3.40. The number of hydrogen-bond acceptors (Lipinski definition) is 5. The van der Waals surface area contributed by atoms with Crippen molar-refractivity contribution in [1.29, 1.82) is 5.26 Å². The van der Waals surface area contributed by atoms with Crippen molar-refractivity contribution in [1.82, 2.24) is 5.32 Å². The third-order valence-electron chi connectivity index (χ3n) is 5.82. The molecule has 0 unspecified atom stereocenters. The smallest absolute Gasteiger partial charge is 0.172 e. The van der Waals surface area contributed by atoms with E-state index in [9.17, 15) is 15.2 Å². The van der Waals surface area contributed by atoms with Gasteiger partial charge in [0.15, 0.2) is 17.3 Å². The summed E-state index contributed by atoms with van der Waals surface area (Å²) in [5, 5.41) is 23.4. The van der Waals surface area contributed by atoms with Crippen molar-refractivity contribution < 1.29 is 14.6 Å². The molecule has 2 aromatic rings. The summed E-state index contributed by atoms with van der Waals surface area (Å²) in [5.74, 6) is -0.0847. The van der Waals surface area contributed by atoms with Crippen LogP contribution in [0.2, 0.25) is 0 Å². The Morgan fingerprint density at radius 2 is 1.93 bits per heavy atom. The number of dihydropyridines is 1. The van der Waals surface area contributed by atoms with Crippen molar-refractivity contribution >= 4 is 21.7 Å². The van der Waals surface area contributed by atoms with Crippen LogP contribution in [0.4, 0.5) is 0 Å². The zero-order chi connectivity index (χ0) is 21.4. The van der Waals surface area contributed by atoms with Gasteiger partial charge in [-0.05, 0) is 58.5 Å². The van der Waals surface area contributed by atoms with Gasteiger partial charge in [0.25, 0.3) is 0 Å². The van der Waals surface area contributed by atoms with Crippen LogP contribution >= 0.6 is 15.9 Å². The van der Waals surface area contributed by atoms with Gasteiger partial charge in [0.05, 0.1) is 29.1 Å². The van der Waals surface area contributed by atoms with Crippen LogP contribution in [0.25, 0.3) is 0 Å². The average molecular weight is 465 g/mol. The molecule has 1 aliphatic carbocycles. The molecule has 1 heterocycles. The normalized spacial score (nSPS) is 21.1. The highest BCUT2D eigenvalue weighted by atomic mass is 79.9. The maximum atomic E-state index is 13.3. The second-order valence-electron chi connectivity index (χ2n) is 7.59. The predicted molar refractivity (Wildman–Crippen MR) is 117 cm³/mol. The van der Waals surface area contributed by atoms with E-state index in [0.717, 1.165) is 22.5 Å². The van der Waals surface area contributed by atoms with Crippen molar-refractivity contribution in [2.45, 2.75) is 31.6 Å². The molecule has 0 spiro atoms. The molecule has 152 valence electrons. The number of hydrogen-bond donors (Lipinski definition) is 2. The first-order valence-electron chi connectivity index (χ1n) is 9.70. The summed E-state index contributed by atoms with van der Waals surface area (Å²) >= 11 is 3.36. The Morgan fingerprint density at radius 3 is 2.60 bits per heavy atom. The highest BCUT2D eigenvalue weighted by molar-refractivity contribution is 9.10. The van der Waals surface area contributed by atoms with Crippen LogP contribution in [0.15, 0.2) is 69.5 Å². The predicted octanol–water partition coefficient (Wildman–Crippen LogP) is 5.05. The molecule has 2 atom stereocenters. The number of halogens is 1. The summed E-state index contributed by atoms with van der Waals surface area (Å²) in [6, 6.07) is 15.8. The number of benzene rings is 2. The molecule has 2 aromatic carbocycles. The fourth-order valence-corrected chi connectivity index (χ4v) is 4.86. The standard InChI is InChI=1S/C24H21BrN2O3/c1-13-17(12-26)22(16-8-18(25)24(29)21(11-16)30-2)23-19(27-13)9-15(10-20(23)28)14-6-4-3-5-7-14/h3-8,11,15,22,27,29H,9-10H2,1-2H3/t15-,22+/m1/s1. The SMILES string of the molecule is COc1cc([C@H]2C(C#N)=C(C)NC3=C2C(=O)C[C@H](c2ccccc2)C3)cc(Br)c1O. The number of carbonyl (C=O) groups excluding carboxylic acids is 1. The van der Waals surface area contributed by atoms with Crippen molar-refractivity contribution in [3.05, 3.63) is 80.6 Å². The molecule has 0 saturated heterocycles. The van der Waals surface area contributed by atoms with E-state index in [1.807, 2.05) is 25.1 Å². The van der Waals surface area contributed by atoms with Crippen LogP contribution in [0.3, 0.4) is 0 Å². The first-order chi connectivity index (χ1) is 14.4. The van der Waals surface area contributed by atoms with Crippen molar-refractivity contribution in [2.75, 3.05) is 7.11 Å². The van der Waals surface area contributed by atoms with Gasteiger partial charge < -0.3 is 15.2 Å². The van der Waals surface area contributed by atoms with Gasteiger partial charge in [-0.3, -0.25) is 4.79 Å². The number of ketones is 1. The minimum Gasteiger partial charge on any atom is -0.503 e. The van der Waals surface area contributed by atoms with Crippen molar-refractivity contribution in [3.63, 3.8) is 0 Å². The van der Waals surface area contributed by atoms with Gasteiger partial charge in [0.2, 0.25) is 0 Å². The maximum Gasteiger partial charge on any atom is 0.172 e. The summed E-state index contributed by atoms with van der Waals surface area (Å²) in [4.78, 5) is 13.3. The lowest BCUT2D eigenvalue weighted by Gasteiger charge is -2.35. The third-order valence-corrected chi connectivity index (χ3v) is 6.43. The summed E-state index contributed by atoms with van der Waals surface area (Å²) in [5.41, 5.74) is 4.60. The Kier molecular flexibility index (Phi) is 5.40. The molecule has 0 amide bonds. The van der Waals surface area contributed by atoms with Gasteiger partial charge >= 0.3 is 0 Å². The number of nitrogens with zero attached hydrogens (tertiary/aromatic N) is 1.